The average molecular weight is 84.1 g/mol. The van der Waals surface area contributed by atoms with Crippen molar-refractivity contribution in [3.05, 3.63) is 12.3 Å². The maximum absolute atomic E-state index is 4.74. The molecule has 0 saturated heterocycles. The Bertz CT molecular complexity index is 69.9. The molecule has 0 saturated carbocycles. The highest BCUT2D eigenvalue weighted by molar-refractivity contribution is 4.78. The minimum atomic E-state index is 0.130. The molecule has 0 amide bonds. The molecule has 1 atom stereocenters. The molecule has 1 unspecified atom stereocenters. The van der Waals surface area contributed by atoms with E-state index in [4.69, 9.17) is 4.84 Å². The van der Waals surface area contributed by atoms with Crippen molar-refractivity contribution in [2.24, 2.45) is 0 Å². The molecule has 0 aromatic rings. The minimum Gasteiger partial charge on any atom is -0.273 e. The third-order valence-corrected chi connectivity index (χ3v) is 0.622. The summed E-state index contributed by atoms with van der Waals surface area (Å²) in [6.07, 6.45) is 4.65. The molecular weight excluding hydrogens is 78.0 g/mol. The number of hydroxylamine groups is 1. The topological polar surface area (TPSA) is 21.3 Å². The maximum Gasteiger partial charge on any atom is 0.109 e. The number of hydrogen-bond acceptors (Lipinski definition) is 2. The van der Waals surface area contributed by atoms with Crippen molar-refractivity contribution >= 4 is 0 Å². The molecule has 0 aromatic carbocycles. The summed E-state index contributed by atoms with van der Waals surface area (Å²) in [7, 11) is 0. The van der Waals surface area contributed by atoms with Crippen LogP contribution in [0.25, 0.3) is 0 Å². The van der Waals surface area contributed by atoms with E-state index in [1.807, 2.05) is 6.92 Å². The van der Waals surface area contributed by atoms with E-state index in [9.17, 15) is 0 Å². The van der Waals surface area contributed by atoms with Crippen LogP contribution in [0, 0.1) is 6.08 Å². The number of hydrogen-bond donors (Lipinski definition) is 1. The Morgan fingerprint density at radius 3 is 3.00 bits per heavy atom. The largest absolute Gasteiger partial charge is 0.273 e. The zero-order valence-electron chi connectivity index (χ0n) is 3.56. The van der Waals surface area contributed by atoms with Crippen LogP contribution in [0.1, 0.15) is 6.92 Å². The Labute approximate surface area is 36.8 Å². The lowest BCUT2D eigenvalue weighted by atomic mass is 10.4. The maximum atomic E-state index is 4.74. The zero-order valence-corrected chi connectivity index (χ0v) is 3.56. The van der Waals surface area contributed by atoms with E-state index >= 15 is 0 Å². The van der Waals surface area contributed by atoms with Gasteiger partial charge in [-0.2, -0.15) is 0 Å². The van der Waals surface area contributed by atoms with Gasteiger partial charge < -0.3 is 0 Å². The summed E-state index contributed by atoms with van der Waals surface area (Å²) >= 11 is 0. The standard InChI is InChI=1S/C4H6NO/c1-4-2-3-5-6-4/h3-5H,1H3. The summed E-state index contributed by atoms with van der Waals surface area (Å²) < 4.78 is 0. The first-order valence-corrected chi connectivity index (χ1v) is 1.88. The SMILES string of the molecule is CC1[C]=CNO1. The average Bonchev–Trinajstić information content (AvgIpc) is 1.86. The normalized spacial score (nSPS) is 30.5. The molecule has 6 heavy (non-hydrogen) atoms. The van der Waals surface area contributed by atoms with Crippen LogP contribution in [0.4, 0.5) is 0 Å². The summed E-state index contributed by atoms with van der Waals surface area (Å²) in [4.78, 5) is 4.74. The number of rotatable bonds is 0. The second-order valence-electron chi connectivity index (χ2n) is 1.19. The lowest BCUT2D eigenvalue weighted by molar-refractivity contribution is 0.0558. The highest BCUT2D eigenvalue weighted by atomic mass is 16.7. The summed E-state index contributed by atoms with van der Waals surface area (Å²) in [6.45, 7) is 1.91. The van der Waals surface area contributed by atoms with Crippen molar-refractivity contribution < 1.29 is 4.84 Å². The second kappa shape index (κ2) is 1.30. The molecule has 0 bridgehead atoms. The van der Waals surface area contributed by atoms with Crippen molar-refractivity contribution in [2.45, 2.75) is 13.0 Å². The molecule has 1 aliphatic rings. The van der Waals surface area contributed by atoms with E-state index in [-0.39, 0.29) is 6.10 Å². The van der Waals surface area contributed by atoms with E-state index in [1.54, 1.807) is 6.20 Å². The Balaban J connectivity index is 2.38. The Kier molecular flexibility index (Phi) is 0.801. The first kappa shape index (κ1) is 3.68. The van der Waals surface area contributed by atoms with E-state index in [1.165, 1.54) is 0 Å². The van der Waals surface area contributed by atoms with Crippen LogP contribution in [0.3, 0.4) is 0 Å². The first-order valence-electron chi connectivity index (χ1n) is 1.88. The summed E-state index contributed by atoms with van der Waals surface area (Å²) in [5.41, 5.74) is 2.54. The van der Waals surface area contributed by atoms with Crippen molar-refractivity contribution in [2.75, 3.05) is 0 Å². The summed E-state index contributed by atoms with van der Waals surface area (Å²) in [5.74, 6) is 0. The monoisotopic (exact) mass is 84.0 g/mol. The van der Waals surface area contributed by atoms with E-state index < -0.39 is 0 Å². The quantitative estimate of drug-likeness (QED) is 0.453. The molecule has 33 valence electrons. The van der Waals surface area contributed by atoms with Gasteiger partial charge in [-0.1, -0.05) is 0 Å². The van der Waals surface area contributed by atoms with Crippen LogP contribution < -0.4 is 5.48 Å². The molecule has 1 heterocycles. The van der Waals surface area contributed by atoms with Crippen LogP contribution in [-0.4, -0.2) is 6.10 Å². The van der Waals surface area contributed by atoms with E-state index in [2.05, 4.69) is 11.6 Å². The molecule has 0 spiro atoms. The second-order valence-corrected chi connectivity index (χ2v) is 1.19. The van der Waals surface area contributed by atoms with Gasteiger partial charge in [0.1, 0.15) is 6.10 Å². The van der Waals surface area contributed by atoms with Crippen molar-refractivity contribution in [1.29, 1.82) is 0 Å². The highest BCUT2D eigenvalue weighted by Gasteiger charge is 1.99. The minimum absolute atomic E-state index is 0.130. The fourth-order valence-electron chi connectivity index (χ4n) is 0.321. The Hall–Kier alpha value is -0.500. The van der Waals surface area contributed by atoms with Gasteiger partial charge in [-0.25, -0.2) is 0 Å². The molecule has 1 N–H and O–H groups in total. The fourth-order valence-corrected chi connectivity index (χ4v) is 0.321. The molecule has 1 radical (unpaired) electrons. The molecule has 2 heteroatoms. The van der Waals surface area contributed by atoms with E-state index in [0.717, 1.165) is 0 Å². The van der Waals surface area contributed by atoms with Crippen molar-refractivity contribution in [3.63, 3.8) is 0 Å². The molecule has 2 nitrogen and oxygen atoms in total. The molecule has 0 aliphatic carbocycles. The van der Waals surface area contributed by atoms with Crippen LogP contribution in [-0.2, 0) is 4.84 Å². The molecule has 0 fully saturated rings. The fraction of sp³-hybridized carbons (Fsp3) is 0.500. The molecular formula is C4H6NO. The van der Waals surface area contributed by atoms with Gasteiger partial charge in [0.25, 0.3) is 0 Å². The molecule has 1 aliphatic heterocycles. The first-order chi connectivity index (χ1) is 2.89. The molecule has 1 rings (SSSR count). The Morgan fingerprint density at radius 2 is 2.83 bits per heavy atom. The van der Waals surface area contributed by atoms with Gasteiger partial charge in [-0.3, -0.25) is 10.3 Å². The van der Waals surface area contributed by atoms with Gasteiger partial charge in [-0.15, -0.1) is 0 Å². The molecule has 0 aromatic heterocycles. The Morgan fingerprint density at radius 1 is 2.00 bits per heavy atom. The van der Waals surface area contributed by atoms with Gasteiger partial charge in [0.15, 0.2) is 0 Å². The van der Waals surface area contributed by atoms with Crippen LogP contribution in [0.15, 0.2) is 6.20 Å². The van der Waals surface area contributed by atoms with Gasteiger partial charge >= 0.3 is 0 Å². The summed E-state index contributed by atoms with van der Waals surface area (Å²) in [5, 5.41) is 0. The van der Waals surface area contributed by atoms with Crippen LogP contribution in [0.5, 0.6) is 0 Å². The van der Waals surface area contributed by atoms with Gasteiger partial charge in [0.2, 0.25) is 0 Å². The van der Waals surface area contributed by atoms with Gasteiger partial charge in [0, 0.05) is 12.3 Å². The zero-order chi connectivity index (χ0) is 4.41. The lowest BCUT2D eigenvalue weighted by Crippen LogP contribution is -2.05. The van der Waals surface area contributed by atoms with Crippen LogP contribution in [0.2, 0.25) is 0 Å². The predicted octanol–water partition coefficient (Wildman–Crippen LogP) is 0.227. The van der Waals surface area contributed by atoms with Gasteiger partial charge in [0.05, 0.1) is 0 Å². The lowest BCUT2D eigenvalue weighted by Gasteiger charge is -1.93. The number of nitrogens with one attached hydrogen (secondary N) is 1. The van der Waals surface area contributed by atoms with Crippen LogP contribution >= 0.6 is 0 Å². The predicted molar refractivity (Wildman–Crippen MR) is 21.5 cm³/mol. The van der Waals surface area contributed by atoms with E-state index in [0.29, 0.717) is 0 Å². The van der Waals surface area contributed by atoms with Gasteiger partial charge in [-0.05, 0) is 6.92 Å². The van der Waals surface area contributed by atoms with Crippen molar-refractivity contribution in [3.8, 4) is 0 Å². The third kappa shape index (κ3) is 0.518. The highest BCUT2D eigenvalue weighted by Crippen LogP contribution is 1.92. The third-order valence-electron chi connectivity index (χ3n) is 0.622. The summed E-state index contributed by atoms with van der Waals surface area (Å²) in [6, 6.07) is 0. The van der Waals surface area contributed by atoms with Crippen molar-refractivity contribution in [1.82, 2.24) is 5.48 Å². The smallest absolute Gasteiger partial charge is 0.109 e.